The first-order chi connectivity index (χ1) is 4.20. The topological polar surface area (TPSA) is 12.9 Å². The highest BCUT2D eigenvalue weighted by molar-refractivity contribution is 6.29. The number of aromatic nitrogens is 1. The van der Waals surface area contributed by atoms with Gasteiger partial charge in [-0.1, -0.05) is 24.8 Å². The Hall–Kier alpha value is -0.820. The van der Waals surface area contributed by atoms with Crippen LogP contribution in [-0.4, -0.2) is 4.98 Å². The number of pyridine rings is 1. The van der Waals surface area contributed by atoms with Crippen molar-refractivity contribution in [2.75, 3.05) is 0 Å². The molecule has 0 atom stereocenters. The van der Waals surface area contributed by atoms with Crippen molar-refractivity contribution in [2.45, 2.75) is 0 Å². The van der Waals surface area contributed by atoms with Gasteiger partial charge in [0.2, 0.25) is 0 Å². The molecule has 0 aliphatic rings. The van der Waals surface area contributed by atoms with Crippen LogP contribution in [0, 0.1) is 0 Å². The summed E-state index contributed by atoms with van der Waals surface area (Å²) in [5.41, 5.74) is 0. The van der Waals surface area contributed by atoms with Crippen molar-refractivity contribution in [3.8, 4) is 0 Å². The van der Waals surface area contributed by atoms with E-state index in [0.717, 1.165) is 10.4 Å². The van der Waals surface area contributed by atoms with E-state index in [9.17, 15) is 0 Å². The van der Waals surface area contributed by atoms with E-state index in [1.54, 1.807) is 12.3 Å². The fourth-order valence-electron chi connectivity index (χ4n) is 0.496. The van der Waals surface area contributed by atoms with Crippen LogP contribution in [0.2, 0.25) is 5.15 Å². The molecule has 0 spiro atoms. The molecule has 0 aromatic carbocycles. The fourth-order valence-corrected chi connectivity index (χ4v) is 0.677. The molecule has 0 radical (unpaired) electrons. The van der Waals surface area contributed by atoms with Crippen LogP contribution in [0.5, 0.6) is 0 Å². The van der Waals surface area contributed by atoms with Crippen molar-refractivity contribution < 1.29 is 0 Å². The first-order valence-corrected chi connectivity index (χ1v) is 2.87. The van der Waals surface area contributed by atoms with E-state index in [1.807, 2.05) is 0 Å². The summed E-state index contributed by atoms with van der Waals surface area (Å²) in [7, 11) is 0. The van der Waals surface area contributed by atoms with E-state index in [-0.39, 0.29) is 0 Å². The van der Waals surface area contributed by atoms with Gasteiger partial charge in [-0.25, -0.2) is 4.98 Å². The number of hydrogen-bond donors (Lipinski definition) is 0. The number of nitrogens with zero attached hydrogens (tertiary/aromatic N) is 1. The molecule has 1 rings (SSSR count). The van der Waals surface area contributed by atoms with Crippen LogP contribution < -0.4 is 10.4 Å². The second kappa shape index (κ2) is 2.19. The molecule has 1 aromatic rings. The minimum absolute atomic E-state index is 0.465. The van der Waals surface area contributed by atoms with Gasteiger partial charge in [0.25, 0.3) is 0 Å². The highest BCUT2D eigenvalue weighted by Gasteiger charge is 1.83. The lowest BCUT2D eigenvalue weighted by atomic mass is 10.3. The quantitative estimate of drug-likeness (QED) is 0.479. The molecule has 1 nitrogen and oxygen atoms in total. The lowest BCUT2D eigenvalue weighted by molar-refractivity contribution is 1.28. The van der Waals surface area contributed by atoms with Gasteiger partial charge in [0.05, 0.1) is 0 Å². The third-order valence-electron chi connectivity index (χ3n) is 1.05. The zero-order valence-corrected chi connectivity index (χ0v) is 5.65. The van der Waals surface area contributed by atoms with Crippen molar-refractivity contribution in [3.63, 3.8) is 0 Å². The van der Waals surface area contributed by atoms with Gasteiger partial charge in [0, 0.05) is 6.20 Å². The maximum Gasteiger partial charge on any atom is 0.129 e. The average Bonchev–Trinajstić information content (AvgIpc) is 1.80. The molecule has 0 amide bonds. The molecule has 0 unspecified atom stereocenters. The van der Waals surface area contributed by atoms with Crippen molar-refractivity contribution >= 4 is 24.8 Å². The van der Waals surface area contributed by atoms with Crippen LogP contribution in [0.1, 0.15) is 0 Å². The molecule has 0 bridgehead atoms. The normalized spacial score (nSPS) is 9.44. The maximum atomic E-state index is 5.54. The predicted octanol–water partition coefficient (Wildman–Crippen LogP) is 0.556. The molecule has 0 aliphatic heterocycles. The lowest BCUT2D eigenvalue weighted by Gasteiger charge is -1.85. The molecule has 0 aliphatic carbocycles. The molecule has 0 fully saturated rings. The van der Waals surface area contributed by atoms with Crippen LogP contribution in [0.4, 0.5) is 0 Å². The molecule has 0 saturated heterocycles. The first-order valence-electron chi connectivity index (χ1n) is 2.49. The third-order valence-corrected chi connectivity index (χ3v) is 1.26. The third kappa shape index (κ3) is 1.30. The fraction of sp³-hybridized carbons (Fsp3) is 0. The minimum atomic E-state index is 0.465. The Labute approximate surface area is 58.3 Å². The van der Waals surface area contributed by atoms with Crippen LogP contribution in [-0.2, 0) is 0 Å². The molecule has 2 heteroatoms. The summed E-state index contributed by atoms with van der Waals surface area (Å²) in [6.07, 6.45) is 1.60. The van der Waals surface area contributed by atoms with E-state index < -0.39 is 0 Å². The standard InChI is InChI=1S/C7H6ClN/c1-5-3-7(8)9-4-6(5)2/h3-4H,1-2H2. The van der Waals surface area contributed by atoms with E-state index >= 15 is 0 Å². The number of hydrogen-bond acceptors (Lipinski definition) is 1. The Morgan fingerprint density at radius 3 is 2.44 bits per heavy atom. The number of halogens is 1. The SMILES string of the molecule is C=c1cnc(Cl)cc1=C. The Morgan fingerprint density at radius 2 is 2.00 bits per heavy atom. The zero-order valence-electron chi connectivity index (χ0n) is 4.89. The second-order valence-electron chi connectivity index (χ2n) is 1.78. The average molecular weight is 140 g/mol. The van der Waals surface area contributed by atoms with E-state index in [1.165, 1.54) is 0 Å². The number of rotatable bonds is 0. The summed E-state index contributed by atoms with van der Waals surface area (Å²) in [5.74, 6) is 0. The summed E-state index contributed by atoms with van der Waals surface area (Å²) >= 11 is 5.54. The van der Waals surface area contributed by atoms with Crippen molar-refractivity contribution in [3.05, 3.63) is 27.9 Å². The van der Waals surface area contributed by atoms with Crippen molar-refractivity contribution in [1.82, 2.24) is 4.98 Å². The van der Waals surface area contributed by atoms with Crippen molar-refractivity contribution in [2.24, 2.45) is 0 Å². The minimum Gasteiger partial charge on any atom is -0.244 e. The Balaban J connectivity index is 3.53. The highest BCUT2D eigenvalue weighted by atomic mass is 35.5. The highest BCUT2D eigenvalue weighted by Crippen LogP contribution is 1.92. The summed E-state index contributed by atoms with van der Waals surface area (Å²) in [5, 5.41) is 2.11. The molecule has 0 saturated carbocycles. The summed E-state index contributed by atoms with van der Waals surface area (Å²) in [4.78, 5) is 3.80. The van der Waals surface area contributed by atoms with E-state index in [4.69, 9.17) is 11.6 Å². The summed E-state index contributed by atoms with van der Waals surface area (Å²) in [6, 6.07) is 1.68. The smallest absolute Gasteiger partial charge is 0.129 e. The van der Waals surface area contributed by atoms with Gasteiger partial charge in [-0.15, -0.1) is 0 Å². The van der Waals surface area contributed by atoms with Gasteiger partial charge >= 0.3 is 0 Å². The molecular formula is C7H6ClN. The molecule has 46 valence electrons. The Kier molecular flexibility index (Phi) is 1.54. The second-order valence-corrected chi connectivity index (χ2v) is 2.16. The van der Waals surface area contributed by atoms with Gasteiger partial charge in [-0.05, 0) is 16.5 Å². The van der Waals surface area contributed by atoms with Crippen LogP contribution in [0.25, 0.3) is 13.2 Å². The summed E-state index contributed by atoms with van der Waals surface area (Å²) in [6.45, 7) is 7.37. The van der Waals surface area contributed by atoms with Crippen LogP contribution >= 0.6 is 11.6 Å². The zero-order chi connectivity index (χ0) is 6.85. The lowest BCUT2D eigenvalue weighted by Crippen LogP contribution is -2.21. The predicted molar refractivity (Wildman–Crippen MR) is 39.5 cm³/mol. The van der Waals surface area contributed by atoms with Crippen LogP contribution in [0.3, 0.4) is 0 Å². The Morgan fingerprint density at radius 1 is 1.33 bits per heavy atom. The summed E-state index contributed by atoms with van der Waals surface area (Å²) < 4.78 is 0. The van der Waals surface area contributed by atoms with E-state index in [2.05, 4.69) is 18.1 Å². The van der Waals surface area contributed by atoms with Gasteiger partial charge in [-0.3, -0.25) is 0 Å². The van der Waals surface area contributed by atoms with Gasteiger partial charge in [-0.2, -0.15) is 0 Å². The molecular weight excluding hydrogens is 134 g/mol. The Bertz CT molecular complexity index is 305. The molecule has 1 heterocycles. The van der Waals surface area contributed by atoms with Gasteiger partial charge in [0.1, 0.15) is 5.15 Å². The van der Waals surface area contributed by atoms with Gasteiger partial charge < -0.3 is 0 Å². The molecule has 1 aromatic heterocycles. The van der Waals surface area contributed by atoms with Crippen LogP contribution in [0.15, 0.2) is 12.3 Å². The first kappa shape index (κ1) is 6.30. The van der Waals surface area contributed by atoms with Gasteiger partial charge in [0.15, 0.2) is 0 Å². The van der Waals surface area contributed by atoms with E-state index in [0.29, 0.717) is 5.15 Å². The van der Waals surface area contributed by atoms with Crippen molar-refractivity contribution in [1.29, 1.82) is 0 Å². The monoisotopic (exact) mass is 139 g/mol. The molecule has 9 heavy (non-hydrogen) atoms. The maximum absolute atomic E-state index is 5.54. The molecule has 0 N–H and O–H groups in total. The largest absolute Gasteiger partial charge is 0.244 e.